The van der Waals surface area contributed by atoms with Crippen LogP contribution in [0.5, 0.6) is 5.75 Å². The van der Waals surface area contributed by atoms with Gasteiger partial charge in [-0.05, 0) is 37.1 Å². The highest BCUT2D eigenvalue weighted by Gasteiger charge is 2.28. The molecule has 3 rings (SSSR count). The second-order valence-corrected chi connectivity index (χ2v) is 5.93. The molecular formula is C17H22N2O3. The third kappa shape index (κ3) is 2.74. The number of aliphatic hydroxyl groups is 2. The number of hydrogen-bond acceptors (Lipinski definition) is 5. The first-order valence-electron chi connectivity index (χ1n) is 7.61. The van der Waals surface area contributed by atoms with Gasteiger partial charge in [0.05, 0.1) is 25.3 Å². The first kappa shape index (κ1) is 15.1. The lowest BCUT2D eigenvalue weighted by Gasteiger charge is -2.36. The summed E-state index contributed by atoms with van der Waals surface area (Å²) in [6.45, 7) is 3.44. The number of nitrogens with zero attached hydrogens (tertiary/aromatic N) is 2. The summed E-state index contributed by atoms with van der Waals surface area (Å²) in [6, 6.07) is 7.97. The number of hydrogen-bond donors (Lipinski definition) is 2. The maximum absolute atomic E-state index is 9.90. The Bertz CT molecular complexity index is 674. The summed E-state index contributed by atoms with van der Waals surface area (Å²) >= 11 is 0. The first-order valence-corrected chi connectivity index (χ1v) is 7.61. The zero-order valence-corrected chi connectivity index (χ0v) is 13.0. The summed E-state index contributed by atoms with van der Waals surface area (Å²) in [5.41, 5.74) is 2.07. The molecule has 5 nitrogen and oxygen atoms in total. The van der Waals surface area contributed by atoms with Gasteiger partial charge in [-0.3, -0.25) is 0 Å². The molecule has 1 aliphatic rings. The number of fused-ring (bicyclic) bond motifs is 1. The van der Waals surface area contributed by atoms with Crippen LogP contribution in [0, 0.1) is 12.8 Å². The molecule has 2 aromatic rings. The third-order valence-corrected chi connectivity index (χ3v) is 4.46. The summed E-state index contributed by atoms with van der Waals surface area (Å²) < 4.78 is 5.28. The molecule has 0 amide bonds. The van der Waals surface area contributed by atoms with E-state index in [0.717, 1.165) is 34.6 Å². The van der Waals surface area contributed by atoms with Gasteiger partial charge in [-0.25, -0.2) is 4.98 Å². The van der Waals surface area contributed by atoms with Gasteiger partial charge in [0.15, 0.2) is 0 Å². The van der Waals surface area contributed by atoms with Crippen molar-refractivity contribution in [3.05, 3.63) is 29.8 Å². The van der Waals surface area contributed by atoms with Gasteiger partial charge in [0, 0.05) is 30.5 Å². The highest BCUT2D eigenvalue weighted by Crippen LogP contribution is 2.28. The number of anilines is 1. The molecule has 0 aliphatic carbocycles. The fourth-order valence-electron chi connectivity index (χ4n) is 3.06. The largest absolute Gasteiger partial charge is 0.497 e. The van der Waals surface area contributed by atoms with Crippen LogP contribution in [0.3, 0.4) is 0 Å². The quantitative estimate of drug-likeness (QED) is 0.904. The van der Waals surface area contributed by atoms with Gasteiger partial charge in [-0.15, -0.1) is 0 Å². The number of methoxy groups -OCH3 is 1. The number of benzene rings is 1. The first-order chi connectivity index (χ1) is 10.6. The van der Waals surface area contributed by atoms with Crippen LogP contribution < -0.4 is 9.64 Å². The van der Waals surface area contributed by atoms with Crippen molar-refractivity contribution in [3.8, 4) is 5.75 Å². The fourth-order valence-corrected chi connectivity index (χ4v) is 3.06. The molecule has 5 heteroatoms. The van der Waals surface area contributed by atoms with E-state index in [4.69, 9.17) is 9.72 Å². The van der Waals surface area contributed by atoms with Crippen molar-refractivity contribution in [1.29, 1.82) is 0 Å². The standard InChI is InChI=1S/C17H22N2O3/c1-11-7-17(19-6-5-16(21)12(9-19)10-20)18-15-8-13(22-2)3-4-14(11)15/h3-4,7-8,12,16,20-21H,5-6,9-10H2,1-2H3/t12-,16-/m1/s1. The Labute approximate surface area is 130 Å². The number of ether oxygens (including phenoxy) is 1. The second kappa shape index (κ2) is 6.10. The van der Waals surface area contributed by atoms with Gasteiger partial charge >= 0.3 is 0 Å². The van der Waals surface area contributed by atoms with Crippen LogP contribution >= 0.6 is 0 Å². The maximum Gasteiger partial charge on any atom is 0.129 e. The SMILES string of the molecule is COc1ccc2c(C)cc(N3CC[C@@H](O)[C@@H](CO)C3)nc2c1. The van der Waals surface area contributed by atoms with Crippen molar-refractivity contribution in [2.45, 2.75) is 19.4 Å². The average molecular weight is 302 g/mol. The van der Waals surface area contributed by atoms with Crippen LogP contribution in [0.15, 0.2) is 24.3 Å². The average Bonchev–Trinajstić information content (AvgIpc) is 2.54. The van der Waals surface area contributed by atoms with Crippen molar-refractivity contribution >= 4 is 16.7 Å². The van der Waals surface area contributed by atoms with E-state index in [1.165, 1.54) is 0 Å². The molecule has 1 aliphatic heterocycles. The summed E-state index contributed by atoms with van der Waals surface area (Å²) in [7, 11) is 1.65. The highest BCUT2D eigenvalue weighted by atomic mass is 16.5. The lowest BCUT2D eigenvalue weighted by atomic mass is 9.95. The molecule has 0 spiro atoms. The molecule has 2 atom stereocenters. The van der Waals surface area contributed by atoms with E-state index >= 15 is 0 Å². The fraction of sp³-hybridized carbons (Fsp3) is 0.471. The van der Waals surface area contributed by atoms with Crippen LogP contribution in [-0.4, -0.2) is 48.1 Å². The molecule has 118 valence electrons. The van der Waals surface area contributed by atoms with Crippen LogP contribution in [0.4, 0.5) is 5.82 Å². The molecule has 1 aromatic heterocycles. The Morgan fingerprint density at radius 3 is 2.91 bits per heavy atom. The minimum absolute atomic E-state index is 0.00193. The van der Waals surface area contributed by atoms with Crippen LogP contribution in [0.25, 0.3) is 10.9 Å². The van der Waals surface area contributed by atoms with Gasteiger partial charge < -0.3 is 19.8 Å². The van der Waals surface area contributed by atoms with Gasteiger partial charge in [-0.1, -0.05) is 0 Å². The summed E-state index contributed by atoms with van der Waals surface area (Å²) in [5, 5.41) is 20.4. The molecule has 0 unspecified atom stereocenters. The molecule has 1 fully saturated rings. The molecular weight excluding hydrogens is 280 g/mol. The predicted molar refractivity (Wildman–Crippen MR) is 86.4 cm³/mol. The number of aryl methyl sites for hydroxylation is 1. The normalized spacial score (nSPS) is 22.1. The smallest absolute Gasteiger partial charge is 0.129 e. The molecule has 1 saturated heterocycles. The Morgan fingerprint density at radius 1 is 1.36 bits per heavy atom. The number of pyridine rings is 1. The highest BCUT2D eigenvalue weighted by molar-refractivity contribution is 5.85. The molecule has 22 heavy (non-hydrogen) atoms. The number of piperidine rings is 1. The topological polar surface area (TPSA) is 65.8 Å². The number of aliphatic hydroxyl groups excluding tert-OH is 2. The van der Waals surface area contributed by atoms with Crippen molar-refractivity contribution < 1.29 is 14.9 Å². The molecule has 0 radical (unpaired) electrons. The zero-order valence-electron chi connectivity index (χ0n) is 13.0. The van der Waals surface area contributed by atoms with E-state index in [1.807, 2.05) is 18.2 Å². The van der Waals surface area contributed by atoms with Crippen molar-refractivity contribution in [2.24, 2.45) is 5.92 Å². The van der Waals surface area contributed by atoms with Gasteiger partial charge in [0.2, 0.25) is 0 Å². The summed E-state index contributed by atoms with van der Waals surface area (Å²) in [4.78, 5) is 6.88. The second-order valence-electron chi connectivity index (χ2n) is 5.93. The Kier molecular flexibility index (Phi) is 4.18. The van der Waals surface area contributed by atoms with Gasteiger partial charge in [0.1, 0.15) is 11.6 Å². The summed E-state index contributed by atoms with van der Waals surface area (Å²) in [5.74, 6) is 1.57. The molecule has 0 saturated carbocycles. The Morgan fingerprint density at radius 2 is 2.18 bits per heavy atom. The van der Waals surface area contributed by atoms with Crippen LogP contribution in [-0.2, 0) is 0 Å². The lowest BCUT2D eigenvalue weighted by molar-refractivity contribution is 0.0524. The number of rotatable bonds is 3. The van der Waals surface area contributed by atoms with Crippen molar-refractivity contribution in [1.82, 2.24) is 4.98 Å². The molecule has 2 heterocycles. The van der Waals surface area contributed by atoms with E-state index in [2.05, 4.69) is 17.9 Å². The van der Waals surface area contributed by atoms with Gasteiger partial charge in [0.25, 0.3) is 0 Å². The molecule has 0 bridgehead atoms. The van der Waals surface area contributed by atoms with E-state index < -0.39 is 6.10 Å². The Balaban J connectivity index is 1.97. The minimum Gasteiger partial charge on any atom is -0.497 e. The monoisotopic (exact) mass is 302 g/mol. The zero-order chi connectivity index (χ0) is 15.7. The van der Waals surface area contributed by atoms with Gasteiger partial charge in [-0.2, -0.15) is 0 Å². The minimum atomic E-state index is -0.428. The van der Waals surface area contributed by atoms with Crippen LogP contribution in [0.1, 0.15) is 12.0 Å². The Hall–Kier alpha value is -1.85. The maximum atomic E-state index is 9.90. The van der Waals surface area contributed by atoms with Crippen molar-refractivity contribution in [2.75, 3.05) is 31.7 Å². The molecule has 1 aromatic carbocycles. The predicted octanol–water partition coefficient (Wildman–Crippen LogP) is 1.73. The third-order valence-electron chi connectivity index (χ3n) is 4.46. The van der Waals surface area contributed by atoms with E-state index in [9.17, 15) is 10.2 Å². The number of aromatic nitrogens is 1. The molecule has 2 N–H and O–H groups in total. The lowest BCUT2D eigenvalue weighted by Crippen LogP contribution is -2.45. The van der Waals surface area contributed by atoms with E-state index in [1.54, 1.807) is 7.11 Å². The van der Waals surface area contributed by atoms with Crippen LogP contribution in [0.2, 0.25) is 0 Å². The van der Waals surface area contributed by atoms with E-state index in [-0.39, 0.29) is 12.5 Å². The summed E-state index contributed by atoms with van der Waals surface area (Å²) in [6.07, 6.45) is 0.227. The van der Waals surface area contributed by atoms with E-state index in [0.29, 0.717) is 13.0 Å². The van der Waals surface area contributed by atoms with Crippen molar-refractivity contribution in [3.63, 3.8) is 0 Å².